The Balaban J connectivity index is 1.78. The first-order valence-electron chi connectivity index (χ1n) is 8.26. The Labute approximate surface area is 128 Å². The molecule has 0 aromatic heterocycles. The van der Waals surface area contributed by atoms with Crippen molar-refractivity contribution >= 4 is 6.03 Å². The van der Waals surface area contributed by atoms with Crippen LogP contribution in [0.4, 0.5) is 4.79 Å². The first-order chi connectivity index (χ1) is 10.1. The maximum Gasteiger partial charge on any atom is 0.317 e. The first-order valence-corrected chi connectivity index (χ1v) is 8.26. The van der Waals surface area contributed by atoms with E-state index in [1.165, 1.54) is 0 Å². The predicted molar refractivity (Wildman–Crippen MR) is 82.2 cm³/mol. The van der Waals surface area contributed by atoms with Crippen LogP contribution in [0.2, 0.25) is 0 Å². The number of methoxy groups -OCH3 is 1. The fourth-order valence-electron chi connectivity index (χ4n) is 3.64. The van der Waals surface area contributed by atoms with Crippen LogP contribution in [0.5, 0.6) is 0 Å². The van der Waals surface area contributed by atoms with Gasteiger partial charge in [0.25, 0.3) is 0 Å². The van der Waals surface area contributed by atoms with Gasteiger partial charge >= 0.3 is 6.03 Å². The van der Waals surface area contributed by atoms with Gasteiger partial charge in [-0.05, 0) is 50.4 Å². The monoisotopic (exact) mass is 298 g/mol. The second kappa shape index (κ2) is 7.45. The maximum absolute atomic E-state index is 12.3. The largest absolute Gasteiger partial charge is 0.396 e. The number of rotatable bonds is 5. The normalized spacial score (nSPS) is 33.2. The molecule has 1 atom stereocenters. The van der Waals surface area contributed by atoms with Crippen molar-refractivity contribution in [3.8, 4) is 0 Å². The molecule has 0 aromatic rings. The second-order valence-corrected chi connectivity index (χ2v) is 6.91. The Kier molecular flexibility index (Phi) is 5.88. The molecule has 2 fully saturated rings. The van der Waals surface area contributed by atoms with E-state index in [1.54, 1.807) is 7.11 Å². The number of aliphatic hydroxyl groups excluding tert-OH is 1. The van der Waals surface area contributed by atoms with Gasteiger partial charge < -0.3 is 20.1 Å². The van der Waals surface area contributed by atoms with Gasteiger partial charge in [-0.1, -0.05) is 6.92 Å². The summed E-state index contributed by atoms with van der Waals surface area (Å²) in [6.45, 7) is 3.97. The number of carbonyl (C=O) groups excluding carboxylic acids is 1. The highest BCUT2D eigenvalue weighted by atomic mass is 16.5. The van der Waals surface area contributed by atoms with Crippen molar-refractivity contribution in [2.45, 2.75) is 64.0 Å². The molecule has 5 nitrogen and oxygen atoms in total. The zero-order valence-electron chi connectivity index (χ0n) is 13.4. The highest BCUT2D eigenvalue weighted by Gasteiger charge is 2.33. The summed E-state index contributed by atoms with van der Waals surface area (Å²) in [7, 11) is 1.78. The van der Waals surface area contributed by atoms with E-state index in [4.69, 9.17) is 9.84 Å². The molecule has 2 amide bonds. The molecule has 1 unspecified atom stereocenters. The minimum atomic E-state index is 0.0426. The van der Waals surface area contributed by atoms with Crippen molar-refractivity contribution in [2.24, 2.45) is 5.41 Å². The summed E-state index contributed by atoms with van der Waals surface area (Å²) in [6.07, 6.45) is 7.52. The Morgan fingerprint density at radius 2 is 2.10 bits per heavy atom. The van der Waals surface area contributed by atoms with Gasteiger partial charge in [-0.15, -0.1) is 0 Å². The zero-order valence-corrected chi connectivity index (χ0v) is 13.4. The molecule has 1 saturated carbocycles. The van der Waals surface area contributed by atoms with E-state index in [2.05, 4.69) is 12.2 Å². The van der Waals surface area contributed by atoms with Gasteiger partial charge in [0.1, 0.15) is 0 Å². The molecule has 0 bridgehead atoms. The highest BCUT2D eigenvalue weighted by Crippen LogP contribution is 2.36. The van der Waals surface area contributed by atoms with Crippen molar-refractivity contribution in [1.29, 1.82) is 0 Å². The van der Waals surface area contributed by atoms with Crippen LogP contribution in [-0.4, -0.2) is 55.0 Å². The number of urea groups is 1. The van der Waals surface area contributed by atoms with Gasteiger partial charge in [0.2, 0.25) is 0 Å². The van der Waals surface area contributed by atoms with E-state index in [1.807, 2.05) is 4.90 Å². The molecule has 0 aromatic carbocycles. The number of nitrogens with zero attached hydrogens (tertiary/aromatic N) is 1. The van der Waals surface area contributed by atoms with Crippen molar-refractivity contribution in [1.82, 2.24) is 10.2 Å². The summed E-state index contributed by atoms with van der Waals surface area (Å²) < 4.78 is 5.41. The summed E-state index contributed by atoms with van der Waals surface area (Å²) in [5.74, 6) is 0. The number of hydrogen-bond acceptors (Lipinski definition) is 3. The van der Waals surface area contributed by atoms with Gasteiger partial charge in [-0.2, -0.15) is 0 Å². The van der Waals surface area contributed by atoms with Crippen LogP contribution in [0, 0.1) is 5.41 Å². The van der Waals surface area contributed by atoms with Crippen molar-refractivity contribution in [3.63, 3.8) is 0 Å². The smallest absolute Gasteiger partial charge is 0.317 e. The van der Waals surface area contributed by atoms with Crippen LogP contribution in [0.25, 0.3) is 0 Å². The van der Waals surface area contributed by atoms with E-state index in [0.29, 0.717) is 12.5 Å². The fraction of sp³-hybridized carbons (Fsp3) is 0.938. The van der Waals surface area contributed by atoms with Gasteiger partial charge in [-0.25, -0.2) is 4.79 Å². The summed E-state index contributed by atoms with van der Waals surface area (Å²) in [5, 5.41) is 12.2. The molecule has 122 valence electrons. The van der Waals surface area contributed by atoms with E-state index in [-0.39, 0.29) is 24.1 Å². The Morgan fingerprint density at radius 3 is 2.71 bits per heavy atom. The molecular formula is C16H30N2O3. The zero-order chi connectivity index (χ0) is 15.3. The number of aliphatic hydroxyl groups is 1. The van der Waals surface area contributed by atoms with Gasteiger partial charge in [0.15, 0.2) is 0 Å². The average Bonchev–Trinajstić information content (AvgIpc) is 2.95. The number of likely N-dealkylation sites (tertiary alicyclic amines) is 1. The van der Waals surface area contributed by atoms with Crippen molar-refractivity contribution in [2.75, 3.05) is 26.8 Å². The lowest BCUT2D eigenvalue weighted by Gasteiger charge is -2.37. The van der Waals surface area contributed by atoms with Crippen LogP contribution in [0.15, 0.2) is 0 Å². The van der Waals surface area contributed by atoms with E-state index < -0.39 is 0 Å². The van der Waals surface area contributed by atoms with Gasteiger partial charge in [-0.3, -0.25) is 0 Å². The Morgan fingerprint density at radius 1 is 1.38 bits per heavy atom. The molecule has 0 radical (unpaired) electrons. The van der Waals surface area contributed by atoms with E-state index in [0.717, 1.165) is 51.6 Å². The lowest BCUT2D eigenvalue weighted by Crippen LogP contribution is -2.47. The number of ether oxygens (including phenoxy) is 1. The summed E-state index contributed by atoms with van der Waals surface area (Å²) in [5.41, 5.74) is 0.191. The third-order valence-corrected chi connectivity index (χ3v) is 5.24. The topological polar surface area (TPSA) is 61.8 Å². The molecule has 2 N–H and O–H groups in total. The molecule has 5 heteroatoms. The lowest BCUT2D eigenvalue weighted by molar-refractivity contribution is 0.0328. The summed E-state index contributed by atoms with van der Waals surface area (Å²) in [6, 6.07) is 0.257. The summed E-state index contributed by atoms with van der Waals surface area (Å²) >= 11 is 0. The first kappa shape index (κ1) is 16.6. The molecule has 2 rings (SSSR count). The maximum atomic E-state index is 12.3. The van der Waals surface area contributed by atoms with Crippen LogP contribution in [0.3, 0.4) is 0 Å². The molecular weight excluding hydrogens is 268 g/mol. The van der Waals surface area contributed by atoms with Crippen LogP contribution in [-0.2, 0) is 4.74 Å². The Hall–Kier alpha value is -0.810. The lowest BCUT2D eigenvalue weighted by atomic mass is 9.74. The molecule has 1 saturated heterocycles. The molecule has 1 aliphatic heterocycles. The quantitative estimate of drug-likeness (QED) is 0.817. The van der Waals surface area contributed by atoms with Crippen molar-refractivity contribution in [3.05, 3.63) is 0 Å². The molecule has 2 aliphatic rings. The molecule has 21 heavy (non-hydrogen) atoms. The minimum absolute atomic E-state index is 0.0426. The minimum Gasteiger partial charge on any atom is -0.396 e. The average molecular weight is 298 g/mol. The van der Waals surface area contributed by atoms with Crippen LogP contribution in [0.1, 0.15) is 51.9 Å². The molecule has 1 aliphatic carbocycles. The standard InChI is InChI=1S/C16H30N2O3/c1-16(8-5-14(21-2)6-9-16)12-17-15(20)18-10-3-4-13(18)7-11-19/h13-14,19H,3-12H2,1-2H3,(H,17,20). The summed E-state index contributed by atoms with van der Waals surface area (Å²) in [4.78, 5) is 14.2. The van der Waals surface area contributed by atoms with E-state index >= 15 is 0 Å². The third-order valence-electron chi connectivity index (χ3n) is 5.24. The molecule has 1 heterocycles. The second-order valence-electron chi connectivity index (χ2n) is 6.91. The van der Waals surface area contributed by atoms with E-state index in [9.17, 15) is 4.79 Å². The third kappa shape index (κ3) is 4.33. The van der Waals surface area contributed by atoms with Gasteiger partial charge in [0.05, 0.1) is 6.10 Å². The number of nitrogens with one attached hydrogen (secondary N) is 1. The SMILES string of the molecule is COC1CCC(C)(CNC(=O)N2CCCC2CCO)CC1. The van der Waals surface area contributed by atoms with Crippen LogP contribution >= 0.6 is 0 Å². The highest BCUT2D eigenvalue weighted by molar-refractivity contribution is 5.74. The van der Waals surface area contributed by atoms with Crippen molar-refractivity contribution < 1.29 is 14.6 Å². The fourth-order valence-corrected chi connectivity index (χ4v) is 3.64. The van der Waals surface area contributed by atoms with Crippen LogP contribution < -0.4 is 5.32 Å². The number of carbonyl (C=O) groups is 1. The van der Waals surface area contributed by atoms with Gasteiger partial charge in [0, 0.05) is 32.8 Å². The number of amides is 2. The molecule has 0 spiro atoms. The predicted octanol–water partition coefficient (Wildman–Crippen LogP) is 2.14. The Bertz CT molecular complexity index is 340. The number of hydrogen-bond donors (Lipinski definition) is 2.